The molecule has 0 atom stereocenters. The number of carbonyl (C=O) groups is 1. The van der Waals surface area contributed by atoms with Gasteiger partial charge in [0.25, 0.3) is 0 Å². The number of hydrogen-bond acceptors (Lipinski definition) is 4. The molecule has 0 spiro atoms. The van der Waals surface area contributed by atoms with Crippen LogP contribution in [0.3, 0.4) is 0 Å². The first kappa shape index (κ1) is 19.6. The van der Waals surface area contributed by atoms with E-state index < -0.39 is 10.0 Å². The zero-order chi connectivity index (χ0) is 18.7. The number of carbonyl (C=O) groups excluding carboxylic acids is 1. The molecule has 1 aromatic carbocycles. The highest BCUT2D eigenvalue weighted by atomic mass is 79.9. The molecule has 2 aliphatic rings. The van der Waals surface area contributed by atoms with Crippen molar-refractivity contribution in [2.75, 3.05) is 50.8 Å². The van der Waals surface area contributed by atoms with Crippen LogP contribution in [0.25, 0.3) is 0 Å². The van der Waals surface area contributed by atoms with Gasteiger partial charge in [-0.05, 0) is 44.1 Å². The van der Waals surface area contributed by atoms with Gasteiger partial charge in [-0.1, -0.05) is 22.0 Å². The number of nitrogens with one attached hydrogen (secondary N) is 1. The first-order valence-corrected chi connectivity index (χ1v) is 11.5. The minimum atomic E-state index is -3.29. The van der Waals surface area contributed by atoms with Gasteiger partial charge in [0.1, 0.15) is 0 Å². The van der Waals surface area contributed by atoms with Crippen molar-refractivity contribution in [1.29, 1.82) is 0 Å². The molecule has 0 bridgehead atoms. The predicted molar refractivity (Wildman–Crippen MR) is 106 cm³/mol. The molecular formula is C17H25BrN4O3S. The molecule has 0 unspecified atom stereocenters. The lowest BCUT2D eigenvalue weighted by molar-refractivity contribution is 0.104. The van der Waals surface area contributed by atoms with E-state index in [1.165, 1.54) is 19.1 Å². The Bertz CT molecular complexity index is 746. The summed E-state index contributed by atoms with van der Waals surface area (Å²) in [7, 11) is -3.29. The average Bonchev–Trinajstić information content (AvgIpc) is 3.01. The Morgan fingerprint density at radius 1 is 1.31 bits per heavy atom. The summed E-state index contributed by atoms with van der Waals surface area (Å²) < 4.78 is 26.8. The van der Waals surface area contributed by atoms with Crippen LogP contribution < -0.4 is 5.32 Å². The number of sulfonamides is 1. The molecule has 2 saturated heterocycles. The Balaban J connectivity index is 1.52. The monoisotopic (exact) mass is 444 g/mol. The van der Waals surface area contributed by atoms with Crippen LogP contribution in [0.4, 0.5) is 10.5 Å². The summed E-state index contributed by atoms with van der Waals surface area (Å²) in [5, 5.41) is 2.84. The fraction of sp³-hybridized carbons (Fsp3) is 0.588. The number of hydrogen-bond donors (Lipinski definition) is 1. The normalized spacial score (nSPS) is 19.0. The molecule has 2 aliphatic heterocycles. The van der Waals surface area contributed by atoms with E-state index in [2.05, 4.69) is 26.1 Å². The zero-order valence-electron chi connectivity index (χ0n) is 14.9. The van der Waals surface area contributed by atoms with Crippen LogP contribution >= 0.6 is 15.9 Å². The van der Waals surface area contributed by atoms with Crippen LogP contribution in [-0.2, 0) is 10.0 Å². The average molecular weight is 445 g/mol. The molecule has 1 aromatic rings. The van der Waals surface area contributed by atoms with Crippen molar-refractivity contribution in [2.45, 2.75) is 18.9 Å². The van der Waals surface area contributed by atoms with Crippen LogP contribution in [0.2, 0.25) is 0 Å². The zero-order valence-corrected chi connectivity index (χ0v) is 17.3. The van der Waals surface area contributed by atoms with Crippen molar-refractivity contribution >= 4 is 37.7 Å². The van der Waals surface area contributed by atoms with Gasteiger partial charge < -0.3 is 15.1 Å². The van der Waals surface area contributed by atoms with Gasteiger partial charge in [-0.15, -0.1) is 0 Å². The maximum atomic E-state index is 12.3. The number of anilines is 1. The second-order valence-electron chi connectivity index (χ2n) is 6.92. The molecule has 1 N–H and O–H groups in total. The molecule has 2 amide bonds. The first-order valence-electron chi connectivity index (χ1n) is 8.83. The van der Waals surface area contributed by atoms with Crippen LogP contribution in [0.1, 0.15) is 12.8 Å². The third kappa shape index (κ3) is 4.97. The van der Waals surface area contributed by atoms with Gasteiger partial charge in [0, 0.05) is 36.3 Å². The van der Waals surface area contributed by atoms with Gasteiger partial charge in [-0.2, -0.15) is 4.31 Å². The number of benzene rings is 1. The van der Waals surface area contributed by atoms with Crippen molar-refractivity contribution in [3.8, 4) is 0 Å². The highest BCUT2D eigenvalue weighted by Crippen LogP contribution is 2.21. The Morgan fingerprint density at radius 3 is 2.62 bits per heavy atom. The Labute approximate surface area is 163 Å². The molecule has 9 heteroatoms. The van der Waals surface area contributed by atoms with Gasteiger partial charge in [-0.25, -0.2) is 13.2 Å². The molecule has 3 rings (SSSR count). The maximum Gasteiger partial charge on any atom is 0.321 e. The van der Waals surface area contributed by atoms with Gasteiger partial charge in [-0.3, -0.25) is 0 Å². The third-order valence-corrected chi connectivity index (χ3v) is 6.72. The summed E-state index contributed by atoms with van der Waals surface area (Å²) in [6, 6.07) is 7.04. The molecule has 7 nitrogen and oxygen atoms in total. The molecule has 26 heavy (non-hydrogen) atoms. The topological polar surface area (TPSA) is 73.0 Å². The highest BCUT2D eigenvalue weighted by Gasteiger charge is 2.38. The number of rotatable bonds is 6. The van der Waals surface area contributed by atoms with E-state index >= 15 is 0 Å². The minimum Gasteiger partial charge on any atom is -0.321 e. The maximum absolute atomic E-state index is 12.3. The first-order chi connectivity index (χ1) is 12.3. The lowest BCUT2D eigenvalue weighted by Gasteiger charge is -2.44. The summed E-state index contributed by atoms with van der Waals surface area (Å²) in [5.74, 6) is 0. The Morgan fingerprint density at radius 2 is 2.00 bits per heavy atom. The van der Waals surface area contributed by atoms with Crippen molar-refractivity contribution < 1.29 is 13.2 Å². The summed E-state index contributed by atoms with van der Waals surface area (Å²) >= 11 is 3.37. The van der Waals surface area contributed by atoms with Crippen molar-refractivity contribution in [3.63, 3.8) is 0 Å². The van der Waals surface area contributed by atoms with Gasteiger partial charge >= 0.3 is 6.03 Å². The third-order valence-electron chi connectivity index (χ3n) is 4.89. The number of halogens is 1. The summed E-state index contributed by atoms with van der Waals surface area (Å²) in [6.07, 6.45) is 3.62. The molecule has 0 aliphatic carbocycles. The van der Waals surface area contributed by atoms with E-state index in [0.29, 0.717) is 25.3 Å². The van der Waals surface area contributed by atoms with E-state index in [1.807, 2.05) is 24.3 Å². The molecule has 2 heterocycles. The van der Waals surface area contributed by atoms with Gasteiger partial charge in [0.2, 0.25) is 10.0 Å². The fourth-order valence-electron chi connectivity index (χ4n) is 3.44. The molecule has 0 aromatic heterocycles. The Kier molecular flexibility index (Phi) is 6.21. The number of urea groups is 1. The van der Waals surface area contributed by atoms with Gasteiger partial charge in [0.05, 0.1) is 12.3 Å². The van der Waals surface area contributed by atoms with Crippen LogP contribution in [-0.4, -0.2) is 80.1 Å². The summed E-state index contributed by atoms with van der Waals surface area (Å²) in [5.41, 5.74) is 0.710. The molecule has 0 radical (unpaired) electrons. The summed E-state index contributed by atoms with van der Waals surface area (Å²) in [6.45, 7) is 4.19. The largest absolute Gasteiger partial charge is 0.321 e. The lowest BCUT2D eigenvalue weighted by Crippen LogP contribution is -2.63. The second-order valence-corrected chi connectivity index (χ2v) is 9.77. The van der Waals surface area contributed by atoms with E-state index in [4.69, 9.17) is 0 Å². The standard InChI is InChI=1S/C17H25BrN4O3S/c1-26(24,25)22(10-9-20-7-2-3-8-20)16-12-21(13-16)17(23)19-15-6-4-5-14(18)11-15/h4-6,11,16H,2-3,7-10,12-13H2,1H3,(H,19,23). The second kappa shape index (κ2) is 8.24. The van der Waals surface area contributed by atoms with Crippen molar-refractivity contribution in [2.24, 2.45) is 0 Å². The SMILES string of the molecule is CS(=O)(=O)N(CCN1CCCC1)C1CN(C(=O)Nc2cccc(Br)c2)C1. The van der Waals surface area contributed by atoms with Gasteiger partial charge in [0.15, 0.2) is 0 Å². The number of amides is 2. The van der Waals surface area contributed by atoms with Crippen molar-refractivity contribution in [1.82, 2.24) is 14.1 Å². The van der Waals surface area contributed by atoms with Crippen LogP contribution in [0.5, 0.6) is 0 Å². The number of nitrogens with zero attached hydrogens (tertiary/aromatic N) is 3. The van der Waals surface area contributed by atoms with Crippen LogP contribution in [0.15, 0.2) is 28.7 Å². The smallest absolute Gasteiger partial charge is 0.321 e. The Hall–Kier alpha value is -1.16. The van der Waals surface area contributed by atoms with Crippen LogP contribution in [0, 0.1) is 0 Å². The quantitative estimate of drug-likeness (QED) is 0.728. The minimum absolute atomic E-state index is 0.138. The molecular weight excluding hydrogens is 420 g/mol. The molecule has 144 valence electrons. The predicted octanol–water partition coefficient (Wildman–Crippen LogP) is 2.02. The van der Waals surface area contributed by atoms with Crippen molar-refractivity contribution in [3.05, 3.63) is 28.7 Å². The highest BCUT2D eigenvalue weighted by molar-refractivity contribution is 9.10. The fourth-order valence-corrected chi connectivity index (χ4v) is 4.92. The van der Waals surface area contributed by atoms with E-state index in [9.17, 15) is 13.2 Å². The number of likely N-dealkylation sites (tertiary alicyclic amines) is 2. The van der Waals surface area contributed by atoms with E-state index in [1.54, 1.807) is 9.21 Å². The molecule has 2 fully saturated rings. The lowest BCUT2D eigenvalue weighted by atomic mass is 10.1. The van der Waals surface area contributed by atoms with E-state index in [0.717, 1.165) is 24.1 Å². The summed E-state index contributed by atoms with van der Waals surface area (Å²) in [4.78, 5) is 16.3. The van der Waals surface area contributed by atoms with E-state index in [-0.39, 0.29) is 12.1 Å². The molecule has 0 saturated carbocycles.